The van der Waals surface area contributed by atoms with E-state index < -0.39 is 0 Å². The molecule has 2 aliphatic rings. The molecule has 3 atom stereocenters. The molecule has 2 N–H and O–H groups in total. The molecule has 2 fully saturated rings. The molecule has 1 aromatic rings. The summed E-state index contributed by atoms with van der Waals surface area (Å²) in [5.41, 5.74) is 6.40. The Balaban J connectivity index is 1.65. The second-order valence-corrected chi connectivity index (χ2v) is 7.00. The van der Waals surface area contributed by atoms with Crippen LogP contribution in [0.3, 0.4) is 0 Å². The number of carbonyl (C=O) groups is 2. The molecule has 0 spiro atoms. The smallest absolute Gasteiger partial charge is 0.253 e. The predicted octanol–water partition coefficient (Wildman–Crippen LogP) is 1.13. The maximum atomic E-state index is 12.9. The van der Waals surface area contributed by atoms with Gasteiger partial charge in [0.1, 0.15) is 0 Å². The first kappa shape index (κ1) is 16.9. The first-order valence-electron chi connectivity index (χ1n) is 8.80. The Hall–Kier alpha value is -1.95. The molecule has 3 rings (SSSR count). The molecule has 6 heteroatoms. The lowest BCUT2D eigenvalue weighted by molar-refractivity contribution is -0.137. The van der Waals surface area contributed by atoms with Crippen molar-refractivity contribution in [3.05, 3.63) is 30.1 Å². The number of hydrogen-bond donors (Lipinski definition) is 1. The van der Waals surface area contributed by atoms with Crippen molar-refractivity contribution in [1.29, 1.82) is 0 Å². The van der Waals surface area contributed by atoms with Crippen molar-refractivity contribution in [2.45, 2.75) is 32.2 Å². The van der Waals surface area contributed by atoms with Gasteiger partial charge in [-0.05, 0) is 50.8 Å². The van der Waals surface area contributed by atoms with Crippen LogP contribution in [0.15, 0.2) is 24.5 Å². The van der Waals surface area contributed by atoms with Crippen molar-refractivity contribution in [1.82, 2.24) is 14.8 Å². The molecule has 6 nitrogen and oxygen atoms in total. The molecular weight excluding hydrogens is 304 g/mol. The average molecular weight is 330 g/mol. The molecule has 1 aromatic heterocycles. The Labute approximate surface area is 143 Å². The third kappa shape index (κ3) is 3.43. The highest BCUT2D eigenvalue weighted by Gasteiger charge is 2.37. The Kier molecular flexibility index (Phi) is 5.14. The number of rotatable bonds is 3. The van der Waals surface area contributed by atoms with Crippen LogP contribution in [0.2, 0.25) is 0 Å². The minimum atomic E-state index is -0.0940. The number of amides is 2. The molecule has 2 saturated heterocycles. The van der Waals surface area contributed by atoms with Crippen LogP contribution < -0.4 is 5.73 Å². The summed E-state index contributed by atoms with van der Waals surface area (Å²) in [7, 11) is 0. The Morgan fingerprint density at radius 2 is 2.04 bits per heavy atom. The van der Waals surface area contributed by atoms with Crippen LogP contribution in [0.25, 0.3) is 0 Å². The van der Waals surface area contributed by atoms with Crippen molar-refractivity contribution in [3.8, 4) is 0 Å². The zero-order valence-corrected chi connectivity index (χ0v) is 14.2. The van der Waals surface area contributed by atoms with E-state index in [1.165, 1.54) is 0 Å². The molecule has 2 aliphatic heterocycles. The molecule has 0 saturated carbocycles. The van der Waals surface area contributed by atoms with E-state index in [4.69, 9.17) is 5.73 Å². The van der Waals surface area contributed by atoms with E-state index in [1.54, 1.807) is 24.5 Å². The van der Waals surface area contributed by atoms with Crippen LogP contribution in [0.4, 0.5) is 0 Å². The number of aromatic nitrogens is 1. The van der Waals surface area contributed by atoms with Gasteiger partial charge in [-0.1, -0.05) is 0 Å². The second kappa shape index (κ2) is 7.30. The summed E-state index contributed by atoms with van der Waals surface area (Å²) >= 11 is 0. The summed E-state index contributed by atoms with van der Waals surface area (Å²) in [4.78, 5) is 33.3. The molecular formula is C18H26N4O2. The maximum Gasteiger partial charge on any atom is 0.253 e. The number of nitrogens with zero attached hydrogens (tertiary/aromatic N) is 3. The highest BCUT2D eigenvalue weighted by molar-refractivity contribution is 5.94. The lowest BCUT2D eigenvalue weighted by atomic mass is 9.95. The number of likely N-dealkylation sites (tertiary alicyclic amines) is 2. The number of piperidine rings is 1. The van der Waals surface area contributed by atoms with E-state index in [0.29, 0.717) is 31.1 Å². The van der Waals surface area contributed by atoms with Gasteiger partial charge in [0, 0.05) is 43.6 Å². The van der Waals surface area contributed by atoms with Gasteiger partial charge in [0.05, 0.1) is 5.92 Å². The van der Waals surface area contributed by atoms with Crippen molar-refractivity contribution in [3.63, 3.8) is 0 Å². The minimum absolute atomic E-state index is 0.01000. The van der Waals surface area contributed by atoms with E-state index in [1.807, 2.05) is 9.80 Å². The predicted molar refractivity (Wildman–Crippen MR) is 91.2 cm³/mol. The molecule has 2 amide bonds. The number of carbonyl (C=O) groups excluding carboxylic acids is 2. The van der Waals surface area contributed by atoms with Crippen LogP contribution in [-0.2, 0) is 4.79 Å². The summed E-state index contributed by atoms with van der Waals surface area (Å²) in [5, 5.41) is 0. The summed E-state index contributed by atoms with van der Waals surface area (Å²) in [6.07, 6.45) is 5.96. The van der Waals surface area contributed by atoms with Gasteiger partial charge in [-0.25, -0.2) is 0 Å². The van der Waals surface area contributed by atoms with E-state index in [0.717, 1.165) is 25.8 Å². The third-order valence-corrected chi connectivity index (χ3v) is 5.26. The summed E-state index contributed by atoms with van der Waals surface area (Å²) < 4.78 is 0. The zero-order valence-electron chi connectivity index (χ0n) is 14.2. The van der Waals surface area contributed by atoms with Gasteiger partial charge in [0.25, 0.3) is 5.91 Å². The van der Waals surface area contributed by atoms with Gasteiger partial charge in [0.2, 0.25) is 5.91 Å². The molecule has 0 aromatic carbocycles. The highest BCUT2D eigenvalue weighted by atomic mass is 16.2. The average Bonchev–Trinajstić information content (AvgIpc) is 3.02. The number of pyridine rings is 1. The number of hydrogen-bond acceptors (Lipinski definition) is 4. The topological polar surface area (TPSA) is 79.5 Å². The Bertz CT molecular complexity index is 592. The summed E-state index contributed by atoms with van der Waals surface area (Å²) in [6, 6.07) is 3.70. The van der Waals surface area contributed by atoms with Crippen molar-refractivity contribution in [2.75, 3.05) is 26.2 Å². The SMILES string of the molecule is CC1CC(CN)CN1C(=O)C1CCCN(C(=O)c2ccncc2)C1. The normalized spacial score (nSPS) is 27.3. The Morgan fingerprint density at radius 3 is 2.71 bits per heavy atom. The van der Waals surface area contributed by atoms with Crippen LogP contribution in [0, 0.1) is 11.8 Å². The largest absolute Gasteiger partial charge is 0.339 e. The quantitative estimate of drug-likeness (QED) is 0.901. The molecule has 24 heavy (non-hydrogen) atoms. The third-order valence-electron chi connectivity index (χ3n) is 5.26. The van der Waals surface area contributed by atoms with E-state index >= 15 is 0 Å². The molecule has 130 valence electrons. The van der Waals surface area contributed by atoms with Gasteiger partial charge < -0.3 is 15.5 Å². The van der Waals surface area contributed by atoms with Gasteiger partial charge in [-0.15, -0.1) is 0 Å². The van der Waals surface area contributed by atoms with Crippen molar-refractivity contribution in [2.24, 2.45) is 17.6 Å². The number of nitrogens with two attached hydrogens (primary N) is 1. The van der Waals surface area contributed by atoms with Gasteiger partial charge in [0.15, 0.2) is 0 Å². The zero-order chi connectivity index (χ0) is 17.1. The van der Waals surface area contributed by atoms with Gasteiger partial charge in [-0.3, -0.25) is 14.6 Å². The van der Waals surface area contributed by atoms with Crippen LogP contribution in [0.5, 0.6) is 0 Å². The molecule has 0 bridgehead atoms. The molecule has 3 unspecified atom stereocenters. The first-order valence-corrected chi connectivity index (χ1v) is 8.80. The fourth-order valence-corrected chi connectivity index (χ4v) is 3.89. The van der Waals surface area contributed by atoms with Crippen LogP contribution in [-0.4, -0.2) is 58.8 Å². The van der Waals surface area contributed by atoms with E-state index in [9.17, 15) is 9.59 Å². The van der Waals surface area contributed by atoms with Gasteiger partial charge in [-0.2, -0.15) is 0 Å². The van der Waals surface area contributed by atoms with Crippen molar-refractivity contribution < 1.29 is 9.59 Å². The molecule has 3 heterocycles. The van der Waals surface area contributed by atoms with Gasteiger partial charge >= 0.3 is 0 Å². The Morgan fingerprint density at radius 1 is 1.29 bits per heavy atom. The van der Waals surface area contributed by atoms with Crippen LogP contribution in [0.1, 0.15) is 36.5 Å². The lowest BCUT2D eigenvalue weighted by Crippen LogP contribution is -2.47. The summed E-state index contributed by atoms with van der Waals surface area (Å²) in [6.45, 7) is 4.70. The standard InChI is InChI=1S/C18H26N4O2/c1-13-9-14(10-19)11-22(13)18(24)16-3-2-8-21(12-16)17(23)15-4-6-20-7-5-15/h4-7,13-14,16H,2-3,8-12,19H2,1H3. The second-order valence-electron chi connectivity index (χ2n) is 7.00. The van der Waals surface area contributed by atoms with Crippen molar-refractivity contribution >= 4 is 11.8 Å². The maximum absolute atomic E-state index is 12.9. The fourth-order valence-electron chi connectivity index (χ4n) is 3.89. The highest BCUT2D eigenvalue weighted by Crippen LogP contribution is 2.27. The van der Waals surface area contributed by atoms with E-state index in [-0.39, 0.29) is 23.8 Å². The first-order chi connectivity index (χ1) is 11.6. The monoisotopic (exact) mass is 330 g/mol. The minimum Gasteiger partial charge on any atom is -0.339 e. The fraction of sp³-hybridized carbons (Fsp3) is 0.611. The molecule has 0 aliphatic carbocycles. The summed E-state index contributed by atoms with van der Waals surface area (Å²) in [5.74, 6) is 0.487. The lowest BCUT2D eigenvalue weighted by Gasteiger charge is -2.35. The molecule has 0 radical (unpaired) electrons. The van der Waals surface area contributed by atoms with E-state index in [2.05, 4.69) is 11.9 Å². The van der Waals surface area contributed by atoms with Crippen LogP contribution >= 0.6 is 0 Å².